The van der Waals surface area contributed by atoms with E-state index in [1.165, 1.54) is 0 Å². The number of hydrogen-bond donors (Lipinski definition) is 3. The number of nitrogens with one attached hydrogen (secondary N) is 3. The highest BCUT2D eigenvalue weighted by molar-refractivity contribution is 5.87. The van der Waals surface area contributed by atoms with Crippen LogP contribution in [0.25, 0.3) is 6.08 Å². The second-order valence-electron chi connectivity index (χ2n) is 13.4. The molecule has 0 fully saturated rings. The molecule has 0 radical (unpaired) electrons. The Kier molecular flexibility index (Phi) is 19.1. The van der Waals surface area contributed by atoms with Crippen molar-refractivity contribution in [3.8, 4) is 0 Å². The summed E-state index contributed by atoms with van der Waals surface area (Å²) in [6.07, 6.45) is 7.87. The number of unbranched alkanes of at least 4 members (excludes halogenated alkanes) is 1. The minimum absolute atomic E-state index is 0.173. The fraction of sp³-hybridized carbons (Fsp3) is 0.452. The fourth-order valence-electron chi connectivity index (χ4n) is 5.85. The molecule has 0 aliphatic rings. The molecule has 276 valence electrons. The van der Waals surface area contributed by atoms with E-state index in [0.717, 1.165) is 42.4 Å². The van der Waals surface area contributed by atoms with Crippen LogP contribution >= 0.6 is 0 Å². The lowest BCUT2D eigenvalue weighted by Crippen LogP contribution is -2.50. The maximum Gasteiger partial charge on any atom is 0.407 e. The molecular formula is C42H58N4O5. The van der Waals surface area contributed by atoms with E-state index in [-0.39, 0.29) is 30.9 Å². The first kappa shape index (κ1) is 41.0. The molecule has 0 saturated heterocycles. The molecule has 0 saturated carbocycles. The van der Waals surface area contributed by atoms with Gasteiger partial charge in [-0.2, -0.15) is 0 Å². The van der Waals surface area contributed by atoms with Crippen molar-refractivity contribution in [3.63, 3.8) is 0 Å². The minimum atomic E-state index is -0.649. The standard InChI is InChI=1S/C42H58N4O5/c1-5-34(6-2)30-46(28-17-16-27-43-42(49)50-31-36-21-12-8-13-22-36)44-40(47)39(29-33(3)4)38(26-18-25-35-19-10-7-11-20-35)41(48)45-51-32-37-23-14-9-15-24-37/h7-15,18-25,33-34,38-39H,5-6,16-17,26-32H2,1-4H3,(H,43,49)(H,44,47)(H,45,48)/b25-18+/t38-,39+/m0/s1. The smallest absolute Gasteiger partial charge is 0.407 e. The molecule has 0 aliphatic carbocycles. The van der Waals surface area contributed by atoms with Crippen molar-refractivity contribution in [2.45, 2.75) is 79.4 Å². The number of carbonyl (C=O) groups is 3. The van der Waals surface area contributed by atoms with Crippen molar-refractivity contribution in [3.05, 3.63) is 114 Å². The van der Waals surface area contributed by atoms with Crippen molar-refractivity contribution < 1.29 is 24.0 Å². The van der Waals surface area contributed by atoms with Crippen molar-refractivity contribution in [2.24, 2.45) is 23.7 Å². The van der Waals surface area contributed by atoms with E-state index in [1.807, 2.05) is 108 Å². The molecule has 3 amide bonds. The molecule has 3 aromatic carbocycles. The largest absolute Gasteiger partial charge is 0.445 e. The van der Waals surface area contributed by atoms with E-state index in [4.69, 9.17) is 9.57 Å². The topological polar surface area (TPSA) is 109 Å². The van der Waals surface area contributed by atoms with Crippen molar-refractivity contribution in [1.82, 2.24) is 21.2 Å². The fourth-order valence-corrected chi connectivity index (χ4v) is 5.85. The SMILES string of the molecule is CCC(CC)CN(CCCCNC(=O)OCc1ccccc1)NC(=O)[C@H](CC(C)C)[C@H](C/C=C/c1ccccc1)C(=O)NOCc1ccccc1. The summed E-state index contributed by atoms with van der Waals surface area (Å²) in [4.78, 5) is 45.9. The lowest BCUT2D eigenvalue weighted by Gasteiger charge is -2.31. The average Bonchev–Trinajstić information content (AvgIpc) is 3.14. The summed E-state index contributed by atoms with van der Waals surface area (Å²) >= 11 is 0. The van der Waals surface area contributed by atoms with E-state index in [0.29, 0.717) is 38.4 Å². The Hall–Kier alpha value is -4.47. The number of nitrogens with zero attached hydrogens (tertiary/aromatic N) is 1. The zero-order valence-electron chi connectivity index (χ0n) is 30.9. The van der Waals surface area contributed by atoms with Crippen LogP contribution in [0.2, 0.25) is 0 Å². The molecule has 0 bridgehead atoms. The second-order valence-corrected chi connectivity index (χ2v) is 13.4. The Labute approximate surface area is 305 Å². The average molecular weight is 699 g/mol. The summed E-state index contributed by atoms with van der Waals surface area (Å²) in [5.41, 5.74) is 8.77. The van der Waals surface area contributed by atoms with Gasteiger partial charge in [0.1, 0.15) is 6.61 Å². The highest BCUT2D eigenvalue weighted by atomic mass is 16.6. The van der Waals surface area contributed by atoms with Crippen LogP contribution in [0, 0.1) is 23.7 Å². The van der Waals surface area contributed by atoms with Crippen LogP contribution < -0.4 is 16.2 Å². The molecule has 0 aromatic heterocycles. The number of amides is 3. The summed E-state index contributed by atoms with van der Waals surface area (Å²) < 4.78 is 5.33. The van der Waals surface area contributed by atoms with Crippen molar-refractivity contribution in [2.75, 3.05) is 19.6 Å². The Bertz CT molecular complexity index is 1430. The van der Waals surface area contributed by atoms with Crippen LogP contribution in [0.15, 0.2) is 97.1 Å². The molecule has 0 spiro atoms. The molecule has 0 aliphatic heterocycles. The monoisotopic (exact) mass is 698 g/mol. The Morgan fingerprint density at radius 2 is 1.37 bits per heavy atom. The Morgan fingerprint density at radius 3 is 1.98 bits per heavy atom. The van der Waals surface area contributed by atoms with Crippen LogP contribution in [0.3, 0.4) is 0 Å². The number of benzene rings is 3. The molecule has 2 atom stereocenters. The van der Waals surface area contributed by atoms with Gasteiger partial charge in [-0.15, -0.1) is 0 Å². The molecule has 3 rings (SSSR count). The molecule has 51 heavy (non-hydrogen) atoms. The minimum Gasteiger partial charge on any atom is -0.445 e. The first-order chi connectivity index (χ1) is 24.8. The normalized spacial score (nSPS) is 12.6. The van der Waals surface area contributed by atoms with E-state index < -0.39 is 17.9 Å². The predicted octanol–water partition coefficient (Wildman–Crippen LogP) is 8.09. The Morgan fingerprint density at radius 1 is 0.765 bits per heavy atom. The van der Waals surface area contributed by atoms with Gasteiger partial charge in [0.15, 0.2) is 0 Å². The van der Waals surface area contributed by atoms with Crippen molar-refractivity contribution in [1.29, 1.82) is 0 Å². The van der Waals surface area contributed by atoms with E-state index in [9.17, 15) is 14.4 Å². The van der Waals surface area contributed by atoms with Gasteiger partial charge in [0.25, 0.3) is 0 Å². The van der Waals surface area contributed by atoms with E-state index >= 15 is 0 Å². The summed E-state index contributed by atoms with van der Waals surface area (Å²) in [5.74, 6) is -1.14. The number of ether oxygens (including phenoxy) is 1. The van der Waals surface area contributed by atoms with E-state index in [1.54, 1.807) is 0 Å². The van der Waals surface area contributed by atoms with Gasteiger partial charge in [-0.1, -0.05) is 144 Å². The number of hydrazine groups is 1. The maximum absolute atomic E-state index is 14.2. The number of hydroxylamine groups is 1. The third-order valence-electron chi connectivity index (χ3n) is 8.88. The quantitative estimate of drug-likeness (QED) is 0.0683. The number of carbonyl (C=O) groups excluding carboxylic acids is 3. The highest BCUT2D eigenvalue weighted by Crippen LogP contribution is 2.26. The van der Waals surface area contributed by atoms with Crippen molar-refractivity contribution >= 4 is 24.0 Å². The van der Waals surface area contributed by atoms with Gasteiger partial charge in [-0.05, 0) is 54.2 Å². The predicted molar refractivity (Wildman–Crippen MR) is 204 cm³/mol. The van der Waals surface area contributed by atoms with Gasteiger partial charge in [-0.25, -0.2) is 15.3 Å². The molecular weight excluding hydrogens is 640 g/mol. The van der Waals surface area contributed by atoms with Gasteiger partial charge in [-0.3, -0.25) is 19.9 Å². The highest BCUT2D eigenvalue weighted by Gasteiger charge is 2.34. The van der Waals surface area contributed by atoms with Crippen LogP contribution in [0.1, 0.15) is 82.9 Å². The van der Waals surface area contributed by atoms with Crippen LogP contribution in [-0.2, 0) is 32.4 Å². The lowest BCUT2D eigenvalue weighted by molar-refractivity contribution is -0.146. The van der Waals surface area contributed by atoms with E-state index in [2.05, 4.69) is 43.9 Å². The summed E-state index contributed by atoms with van der Waals surface area (Å²) in [6.45, 7) is 10.7. The van der Waals surface area contributed by atoms with Gasteiger partial charge in [0.05, 0.1) is 18.4 Å². The van der Waals surface area contributed by atoms with Gasteiger partial charge >= 0.3 is 6.09 Å². The molecule has 0 unspecified atom stereocenters. The summed E-state index contributed by atoms with van der Waals surface area (Å²) in [5, 5.41) is 4.83. The zero-order valence-corrected chi connectivity index (χ0v) is 30.9. The summed E-state index contributed by atoms with van der Waals surface area (Å²) in [7, 11) is 0. The van der Waals surface area contributed by atoms with Crippen LogP contribution in [-0.4, -0.2) is 42.6 Å². The molecule has 0 heterocycles. The first-order valence-electron chi connectivity index (χ1n) is 18.5. The van der Waals surface area contributed by atoms with Gasteiger partial charge in [0.2, 0.25) is 11.8 Å². The summed E-state index contributed by atoms with van der Waals surface area (Å²) in [6, 6.07) is 29.1. The number of hydrogen-bond acceptors (Lipinski definition) is 6. The molecule has 9 heteroatoms. The zero-order chi connectivity index (χ0) is 36.7. The number of rotatable bonds is 23. The molecule has 9 nitrogen and oxygen atoms in total. The molecule has 3 N–H and O–H groups in total. The number of allylic oxidation sites excluding steroid dienone is 1. The molecule has 3 aromatic rings. The first-order valence-corrected chi connectivity index (χ1v) is 18.5. The van der Waals surface area contributed by atoms with Crippen LogP contribution in [0.4, 0.5) is 4.79 Å². The van der Waals surface area contributed by atoms with Gasteiger partial charge < -0.3 is 10.1 Å². The number of alkyl carbamates (subject to hydrolysis) is 1. The third kappa shape index (κ3) is 16.4. The third-order valence-corrected chi connectivity index (χ3v) is 8.88. The lowest BCUT2D eigenvalue weighted by atomic mass is 9.82. The Balaban J connectivity index is 1.67. The van der Waals surface area contributed by atoms with Gasteiger partial charge in [0, 0.05) is 19.6 Å². The maximum atomic E-state index is 14.2. The second kappa shape index (κ2) is 23.8. The van der Waals surface area contributed by atoms with Crippen LogP contribution in [0.5, 0.6) is 0 Å².